The van der Waals surface area contributed by atoms with Gasteiger partial charge in [0, 0.05) is 48.2 Å². The molecule has 6 rings (SSSR count). The number of aryl methyl sites for hydroxylation is 1. The highest BCUT2D eigenvalue weighted by atomic mass is 19.4. The zero-order valence-corrected chi connectivity index (χ0v) is 22.5. The number of aromatic nitrogens is 7. The zero-order valence-electron chi connectivity index (χ0n) is 22.5. The van der Waals surface area contributed by atoms with Gasteiger partial charge in [-0.2, -0.15) is 13.2 Å². The fourth-order valence-electron chi connectivity index (χ4n) is 4.95. The summed E-state index contributed by atoms with van der Waals surface area (Å²) < 4.78 is 59.3. The highest BCUT2D eigenvalue weighted by Gasteiger charge is 2.36. The van der Waals surface area contributed by atoms with Crippen molar-refractivity contribution < 1.29 is 17.6 Å². The lowest BCUT2D eigenvalue weighted by Gasteiger charge is -2.21. The van der Waals surface area contributed by atoms with E-state index in [-0.39, 0.29) is 16.9 Å². The van der Waals surface area contributed by atoms with E-state index in [4.69, 9.17) is 0 Å². The Morgan fingerprint density at radius 3 is 2.48 bits per heavy atom. The average Bonchev–Trinajstić information content (AvgIpc) is 3.45. The van der Waals surface area contributed by atoms with Gasteiger partial charge in [-0.15, -0.1) is 10.2 Å². The molecule has 1 atom stereocenters. The average molecular weight is 575 g/mol. The Balaban J connectivity index is 1.48. The molecule has 0 unspecified atom stereocenters. The van der Waals surface area contributed by atoms with E-state index in [1.165, 1.54) is 48.1 Å². The number of fused-ring (bicyclic) bond motifs is 3. The molecule has 0 aliphatic rings. The zero-order chi connectivity index (χ0) is 29.8. The number of halogens is 4. The number of nitrogens with one attached hydrogen (secondary N) is 1. The molecule has 0 radical (unpaired) electrons. The molecule has 13 heteroatoms. The number of rotatable bonds is 5. The van der Waals surface area contributed by atoms with Crippen LogP contribution in [0.25, 0.3) is 39.2 Å². The summed E-state index contributed by atoms with van der Waals surface area (Å²) in [5.74, 6) is -0.240. The molecule has 0 aliphatic heterocycles. The summed E-state index contributed by atoms with van der Waals surface area (Å²) >= 11 is 0. The predicted octanol–water partition coefficient (Wildman–Crippen LogP) is 5.74. The van der Waals surface area contributed by atoms with E-state index in [0.29, 0.717) is 44.8 Å². The van der Waals surface area contributed by atoms with Crippen LogP contribution in [0.1, 0.15) is 29.9 Å². The van der Waals surface area contributed by atoms with Crippen molar-refractivity contribution in [1.82, 2.24) is 34.1 Å². The molecule has 1 N–H and O–H groups in total. The maximum Gasteiger partial charge on any atom is 0.435 e. The highest BCUT2D eigenvalue weighted by Crippen LogP contribution is 2.37. The van der Waals surface area contributed by atoms with Gasteiger partial charge in [-0.1, -0.05) is 6.07 Å². The van der Waals surface area contributed by atoms with Crippen LogP contribution in [0.5, 0.6) is 0 Å². The molecule has 0 aliphatic carbocycles. The predicted molar refractivity (Wildman–Crippen MR) is 148 cm³/mol. The third kappa shape index (κ3) is 4.72. The van der Waals surface area contributed by atoms with Gasteiger partial charge in [-0.3, -0.25) is 9.20 Å². The van der Waals surface area contributed by atoms with Crippen LogP contribution in [-0.4, -0.2) is 34.1 Å². The smallest absolute Gasteiger partial charge is 0.377 e. The van der Waals surface area contributed by atoms with E-state index in [9.17, 15) is 22.4 Å². The molecule has 42 heavy (non-hydrogen) atoms. The van der Waals surface area contributed by atoms with E-state index in [0.717, 1.165) is 0 Å². The molecule has 5 aromatic heterocycles. The Morgan fingerprint density at radius 2 is 1.74 bits per heavy atom. The first-order chi connectivity index (χ1) is 20.0. The van der Waals surface area contributed by atoms with E-state index in [1.807, 2.05) is 0 Å². The first-order valence-corrected chi connectivity index (χ1v) is 12.8. The van der Waals surface area contributed by atoms with Crippen LogP contribution in [0.3, 0.4) is 0 Å². The lowest BCUT2D eigenvalue weighted by Crippen LogP contribution is -2.17. The van der Waals surface area contributed by atoms with Crippen molar-refractivity contribution in [3.8, 4) is 22.8 Å². The van der Waals surface area contributed by atoms with Crippen molar-refractivity contribution in [2.45, 2.75) is 26.1 Å². The molecule has 212 valence electrons. The monoisotopic (exact) mass is 574 g/mol. The van der Waals surface area contributed by atoms with Crippen LogP contribution < -0.4 is 10.9 Å². The van der Waals surface area contributed by atoms with E-state index < -0.39 is 23.7 Å². The number of anilines is 1. The Kier molecular flexibility index (Phi) is 6.44. The molecular formula is C29H22F4N8O. The number of hydrogen-bond acceptors (Lipinski definition) is 7. The maximum absolute atomic E-state index is 14.9. The SMILES string of the molecule is Cc1ccc(N[C@H](C)c2cc(F)cc3c2cc(-c2cnc(-c4cccc(=O)n4C)nc2)n2cnnc32)c(C(F)(F)F)n1. The molecule has 0 spiro atoms. The first-order valence-electron chi connectivity index (χ1n) is 12.8. The normalized spacial score (nSPS) is 12.6. The summed E-state index contributed by atoms with van der Waals surface area (Å²) in [6.07, 6.45) is -0.0480. The van der Waals surface area contributed by atoms with Crippen LogP contribution in [0.4, 0.5) is 23.2 Å². The highest BCUT2D eigenvalue weighted by molar-refractivity contribution is 5.99. The van der Waals surface area contributed by atoms with Crippen molar-refractivity contribution >= 4 is 22.1 Å². The van der Waals surface area contributed by atoms with Crippen molar-refractivity contribution in [2.75, 3.05) is 5.32 Å². The minimum absolute atomic E-state index is 0.202. The van der Waals surface area contributed by atoms with Crippen molar-refractivity contribution in [3.63, 3.8) is 0 Å². The van der Waals surface area contributed by atoms with Gasteiger partial charge < -0.3 is 9.88 Å². The summed E-state index contributed by atoms with van der Waals surface area (Å²) in [5, 5.41) is 12.0. The number of benzene rings is 1. The molecule has 0 saturated carbocycles. The largest absolute Gasteiger partial charge is 0.435 e. The van der Waals surface area contributed by atoms with Gasteiger partial charge in [0.2, 0.25) is 0 Å². The molecule has 9 nitrogen and oxygen atoms in total. The summed E-state index contributed by atoms with van der Waals surface area (Å²) in [4.78, 5) is 24.6. The van der Waals surface area contributed by atoms with Crippen LogP contribution >= 0.6 is 0 Å². The van der Waals surface area contributed by atoms with Gasteiger partial charge in [0.1, 0.15) is 12.1 Å². The molecule has 0 fully saturated rings. The topological polar surface area (TPSA) is 103 Å². The fourth-order valence-corrected chi connectivity index (χ4v) is 4.95. The standard InChI is InChI=1S/C29H22F4N8O/c1-15-7-8-22(26(37-15)29(31,32)33)38-16(2)19-9-18(30)10-21-20(19)11-24(41-14-36-39-28(21)41)17-12-34-27(35-13-17)23-5-4-6-25(42)40(23)3/h4-14,16,38H,1-3H3/t16-/m1/s1. The van der Waals surface area contributed by atoms with Gasteiger partial charge in [0.15, 0.2) is 17.2 Å². The quantitative estimate of drug-likeness (QED) is 0.262. The maximum atomic E-state index is 14.9. The summed E-state index contributed by atoms with van der Waals surface area (Å²) in [6, 6.07) is 11.2. The Bertz CT molecular complexity index is 2030. The fraction of sp³-hybridized carbons (Fsp3) is 0.172. The van der Waals surface area contributed by atoms with Crippen LogP contribution in [0.15, 0.2) is 72.0 Å². The molecule has 5 heterocycles. The van der Waals surface area contributed by atoms with Crippen molar-refractivity contribution in [1.29, 1.82) is 0 Å². The van der Waals surface area contributed by atoms with Crippen LogP contribution in [0.2, 0.25) is 0 Å². The molecule has 6 aromatic rings. The lowest BCUT2D eigenvalue weighted by atomic mass is 9.98. The third-order valence-corrected chi connectivity index (χ3v) is 7.01. The minimum atomic E-state index is -4.68. The number of alkyl halides is 3. The summed E-state index contributed by atoms with van der Waals surface area (Å²) in [5.41, 5.74) is 1.17. The summed E-state index contributed by atoms with van der Waals surface area (Å²) in [7, 11) is 1.62. The molecular weight excluding hydrogens is 552 g/mol. The Hall–Kier alpha value is -5.20. The van der Waals surface area contributed by atoms with E-state index in [2.05, 4.69) is 30.5 Å². The van der Waals surface area contributed by atoms with E-state index in [1.54, 1.807) is 49.0 Å². The Morgan fingerprint density at radius 1 is 0.976 bits per heavy atom. The van der Waals surface area contributed by atoms with Gasteiger partial charge in [0.05, 0.1) is 17.1 Å². The molecule has 1 aromatic carbocycles. The first kappa shape index (κ1) is 27.0. The van der Waals surface area contributed by atoms with Gasteiger partial charge in [0.25, 0.3) is 5.56 Å². The Labute approximate surface area is 235 Å². The third-order valence-electron chi connectivity index (χ3n) is 7.01. The van der Waals surface area contributed by atoms with Crippen molar-refractivity contribution in [3.05, 3.63) is 100 Å². The molecule has 0 bridgehead atoms. The number of nitrogens with zero attached hydrogens (tertiary/aromatic N) is 7. The second kappa shape index (κ2) is 10.0. The van der Waals surface area contributed by atoms with Crippen molar-refractivity contribution in [2.24, 2.45) is 7.05 Å². The summed E-state index contributed by atoms with van der Waals surface area (Å²) in [6.45, 7) is 3.12. The van der Waals surface area contributed by atoms with E-state index >= 15 is 0 Å². The van der Waals surface area contributed by atoms with Gasteiger partial charge >= 0.3 is 6.18 Å². The minimum Gasteiger partial charge on any atom is -0.377 e. The number of hydrogen-bond donors (Lipinski definition) is 1. The van der Waals surface area contributed by atoms with Gasteiger partial charge in [-0.25, -0.2) is 19.3 Å². The van der Waals surface area contributed by atoms with Crippen LogP contribution in [-0.2, 0) is 13.2 Å². The molecule has 0 saturated heterocycles. The lowest BCUT2D eigenvalue weighted by molar-refractivity contribution is -0.140. The van der Waals surface area contributed by atoms with Crippen LogP contribution in [0, 0.1) is 12.7 Å². The van der Waals surface area contributed by atoms with Gasteiger partial charge in [-0.05, 0) is 61.2 Å². The molecule has 0 amide bonds. The second-order valence-corrected chi connectivity index (χ2v) is 9.83. The second-order valence-electron chi connectivity index (χ2n) is 9.83. The number of pyridine rings is 3.